The molecule has 1 aromatic rings. The third kappa shape index (κ3) is 4.28. The summed E-state index contributed by atoms with van der Waals surface area (Å²) in [6.45, 7) is 6.00. The second-order valence-electron chi connectivity index (χ2n) is 2.16. The van der Waals surface area contributed by atoms with Crippen LogP contribution in [0.2, 0.25) is 0 Å². The lowest BCUT2D eigenvalue weighted by Gasteiger charge is -1.98. The van der Waals surface area contributed by atoms with Gasteiger partial charge in [0.1, 0.15) is 0 Å². The van der Waals surface area contributed by atoms with Gasteiger partial charge < -0.3 is 10.2 Å². The van der Waals surface area contributed by atoms with Gasteiger partial charge in [0, 0.05) is 0 Å². The fourth-order valence-electron chi connectivity index (χ4n) is 0.856. The molecule has 1 rings (SSSR count). The lowest BCUT2D eigenvalue weighted by molar-refractivity contribution is 0.0651. The van der Waals surface area contributed by atoms with E-state index in [-0.39, 0.29) is 23.5 Å². The second kappa shape index (κ2) is 7.58. The molecule has 15 heavy (non-hydrogen) atoms. The summed E-state index contributed by atoms with van der Waals surface area (Å²) in [6.07, 6.45) is 0. The van der Waals surface area contributed by atoms with Gasteiger partial charge in [0.25, 0.3) is 0 Å². The first-order valence-electron chi connectivity index (χ1n) is 3.68. The molecule has 1 aromatic carbocycles. The van der Waals surface area contributed by atoms with Crippen molar-refractivity contribution >= 4 is 24.3 Å². The molecule has 0 saturated heterocycles. The van der Waals surface area contributed by atoms with Gasteiger partial charge in [0.15, 0.2) is 0 Å². The van der Waals surface area contributed by atoms with Crippen LogP contribution in [0.4, 0.5) is 0 Å². The molecule has 0 heterocycles. The van der Waals surface area contributed by atoms with Gasteiger partial charge in [0.2, 0.25) is 0 Å². The molecule has 0 atom stereocenters. The van der Waals surface area contributed by atoms with E-state index < -0.39 is 11.9 Å². The fourth-order valence-corrected chi connectivity index (χ4v) is 0.856. The Bertz CT molecular complexity index is 316. The van der Waals surface area contributed by atoms with E-state index in [2.05, 4.69) is 13.2 Å². The van der Waals surface area contributed by atoms with E-state index in [9.17, 15) is 9.59 Å². The Balaban J connectivity index is 0. The maximum Gasteiger partial charge on any atom is 0.336 e. The zero-order valence-corrected chi connectivity index (χ0v) is 8.66. The van der Waals surface area contributed by atoms with E-state index >= 15 is 0 Å². The Hall–Kier alpha value is -1.81. The molecule has 4 nitrogen and oxygen atoms in total. The number of halogens is 1. The van der Waals surface area contributed by atoms with Crippen LogP contribution in [0.15, 0.2) is 37.4 Å². The highest BCUT2D eigenvalue weighted by atomic mass is 35.5. The van der Waals surface area contributed by atoms with Crippen LogP contribution in [0.25, 0.3) is 0 Å². The molecule has 5 heteroatoms. The Labute approximate surface area is 93.3 Å². The largest absolute Gasteiger partial charge is 0.478 e. The van der Waals surface area contributed by atoms with E-state index in [0.717, 1.165) is 0 Å². The van der Waals surface area contributed by atoms with Crippen molar-refractivity contribution in [3.63, 3.8) is 0 Å². The quantitative estimate of drug-likeness (QED) is 0.765. The third-order valence-electron chi connectivity index (χ3n) is 1.39. The fraction of sp³-hybridized carbons (Fsp3) is 0. The van der Waals surface area contributed by atoms with Crippen molar-refractivity contribution < 1.29 is 19.8 Å². The minimum atomic E-state index is -1.23. The number of rotatable bonds is 2. The SMILES string of the molecule is C=C.Cl.O=C(O)c1ccccc1C(=O)O. The normalized spacial score (nSPS) is 7.73. The smallest absolute Gasteiger partial charge is 0.336 e. The number of aromatic carboxylic acids is 2. The highest BCUT2D eigenvalue weighted by Crippen LogP contribution is 2.07. The summed E-state index contributed by atoms with van der Waals surface area (Å²) < 4.78 is 0. The summed E-state index contributed by atoms with van der Waals surface area (Å²) in [5.41, 5.74) is -0.380. The number of hydrogen-bond donors (Lipinski definition) is 2. The summed E-state index contributed by atoms with van der Waals surface area (Å²) in [7, 11) is 0. The lowest BCUT2D eigenvalue weighted by Crippen LogP contribution is -2.06. The van der Waals surface area contributed by atoms with E-state index in [1.165, 1.54) is 24.3 Å². The van der Waals surface area contributed by atoms with Crippen molar-refractivity contribution in [2.45, 2.75) is 0 Å². The van der Waals surface area contributed by atoms with Gasteiger partial charge in [-0.25, -0.2) is 9.59 Å². The molecule has 2 N–H and O–H groups in total. The van der Waals surface area contributed by atoms with Crippen LogP contribution in [-0.2, 0) is 0 Å². The van der Waals surface area contributed by atoms with Crippen LogP contribution in [0.5, 0.6) is 0 Å². The first-order chi connectivity index (χ1) is 6.63. The second-order valence-corrected chi connectivity index (χ2v) is 2.16. The Morgan fingerprint density at radius 2 is 1.20 bits per heavy atom. The number of hydrogen-bond acceptors (Lipinski definition) is 2. The molecule has 0 amide bonds. The van der Waals surface area contributed by atoms with Crippen molar-refractivity contribution in [1.29, 1.82) is 0 Å². The van der Waals surface area contributed by atoms with Gasteiger partial charge in [0.05, 0.1) is 11.1 Å². The molecule has 82 valence electrons. The number of carbonyl (C=O) groups is 2. The molecular formula is C10H11ClO4. The molecule has 0 fully saturated rings. The Kier molecular flexibility index (Phi) is 7.91. The average molecular weight is 231 g/mol. The van der Waals surface area contributed by atoms with Crippen molar-refractivity contribution in [3.05, 3.63) is 48.6 Å². The molecule has 0 aliphatic heterocycles. The molecule has 0 saturated carbocycles. The highest BCUT2D eigenvalue weighted by molar-refractivity contribution is 6.01. The standard InChI is InChI=1S/C8H6O4.C2H4.ClH/c9-7(10)5-3-1-2-4-6(5)8(11)12;1-2;/h1-4H,(H,9,10)(H,11,12);1-2H2;1H. The Morgan fingerprint density at radius 3 is 1.40 bits per heavy atom. The van der Waals surface area contributed by atoms with Crippen LogP contribution >= 0.6 is 12.4 Å². The molecular weight excluding hydrogens is 220 g/mol. The van der Waals surface area contributed by atoms with Crippen LogP contribution in [0, 0.1) is 0 Å². The van der Waals surface area contributed by atoms with Gasteiger partial charge in [-0.3, -0.25) is 0 Å². The monoisotopic (exact) mass is 230 g/mol. The molecule has 0 spiro atoms. The summed E-state index contributed by atoms with van der Waals surface area (Å²) in [6, 6.07) is 5.48. The number of carboxylic acids is 2. The predicted octanol–water partition coefficient (Wildman–Crippen LogP) is 2.31. The minimum absolute atomic E-state index is 0. The summed E-state index contributed by atoms with van der Waals surface area (Å²) in [5, 5.41) is 17.1. The van der Waals surface area contributed by atoms with E-state index in [1.54, 1.807) is 0 Å². The molecule has 0 bridgehead atoms. The van der Waals surface area contributed by atoms with Gasteiger partial charge >= 0.3 is 11.9 Å². The zero-order valence-electron chi connectivity index (χ0n) is 7.84. The average Bonchev–Trinajstić information content (AvgIpc) is 2.20. The van der Waals surface area contributed by atoms with Crippen molar-refractivity contribution in [2.75, 3.05) is 0 Å². The first kappa shape index (κ1) is 15.7. The highest BCUT2D eigenvalue weighted by Gasteiger charge is 2.13. The van der Waals surface area contributed by atoms with Crippen LogP contribution in [0.3, 0.4) is 0 Å². The molecule has 0 unspecified atom stereocenters. The van der Waals surface area contributed by atoms with Gasteiger partial charge in [-0.05, 0) is 12.1 Å². The van der Waals surface area contributed by atoms with Crippen LogP contribution in [-0.4, -0.2) is 22.2 Å². The maximum atomic E-state index is 10.5. The van der Waals surface area contributed by atoms with Gasteiger partial charge in [-0.2, -0.15) is 0 Å². The van der Waals surface area contributed by atoms with Crippen molar-refractivity contribution in [2.24, 2.45) is 0 Å². The molecule has 0 aliphatic rings. The summed E-state index contributed by atoms with van der Waals surface area (Å²) in [5.74, 6) is -2.46. The maximum absolute atomic E-state index is 10.5. The van der Waals surface area contributed by atoms with Crippen molar-refractivity contribution in [3.8, 4) is 0 Å². The molecule has 0 radical (unpaired) electrons. The summed E-state index contributed by atoms with van der Waals surface area (Å²) >= 11 is 0. The summed E-state index contributed by atoms with van der Waals surface area (Å²) in [4.78, 5) is 20.9. The predicted molar refractivity (Wildman–Crippen MR) is 58.9 cm³/mol. The Morgan fingerprint density at radius 1 is 0.933 bits per heavy atom. The zero-order chi connectivity index (χ0) is 11.1. The third-order valence-corrected chi connectivity index (χ3v) is 1.39. The van der Waals surface area contributed by atoms with Crippen LogP contribution in [0.1, 0.15) is 20.7 Å². The lowest BCUT2D eigenvalue weighted by atomic mass is 10.1. The van der Waals surface area contributed by atoms with Gasteiger partial charge in [-0.15, -0.1) is 25.6 Å². The van der Waals surface area contributed by atoms with E-state index in [0.29, 0.717) is 0 Å². The molecule has 0 aliphatic carbocycles. The topological polar surface area (TPSA) is 74.6 Å². The first-order valence-corrected chi connectivity index (χ1v) is 3.68. The van der Waals surface area contributed by atoms with E-state index in [4.69, 9.17) is 10.2 Å². The van der Waals surface area contributed by atoms with E-state index in [1.807, 2.05) is 0 Å². The van der Waals surface area contributed by atoms with Gasteiger partial charge in [-0.1, -0.05) is 12.1 Å². The minimum Gasteiger partial charge on any atom is -0.478 e. The number of benzene rings is 1. The molecule has 0 aromatic heterocycles. The van der Waals surface area contributed by atoms with Crippen molar-refractivity contribution in [1.82, 2.24) is 0 Å². The number of carboxylic acid groups (broad SMARTS) is 2. The van der Waals surface area contributed by atoms with Crippen LogP contribution < -0.4 is 0 Å².